The Labute approximate surface area is 112 Å². The fraction of sp³-hybridized carbons (Fsp3) is 0.364. The molecular weight excluding hydrogens is 276 g/mol. The van der Waals surface area contributed by atoms with Crippen LogP contribution in [0.3, 0.4) is 0 Å². The molecule has 0 aromatic heterocycles. The molecule has 3 N–H and O–H groups in total. The molecule has 1 rings (SSSR count). The number of carbonyl (C=O) groups is 1. The van der Waals surface area contributed by atoms with Crippen LogP contribution in [0.15, 0.2) is 12.1 Å². The number of amides is 1. The second kappa shape index (κ2) is 7.34. The SMILES string of the molecule is NNC(=O)CCCCOc1cc(F)c([N+](=O)[O-])cc1F. The zero-order chi connectivity index (χ0) is 15.1. The van der Waals surface area contributed by atoms with Crippen molar-refractivity contribution in [1.82, 2.24) is 5.43 Å². The number of nitrogens with zero attached hydrogens (tertiary/aromatic N) is 1. The molecule has 1 aromatic rings. The Morgan fingerprint density at radius 2 is 2.05 bits per heavy atom. The van der Waals surface area contributed by atoms with Gasteiger partial charge in [0.2, 0.25) is 11.7 Å². The number of hydrazine groups is 1. The fourth-order valence-corrected chi connectivity index (χ4v) is 1.41. The number of hydrogen-bond acceptors (Lipinski definition) is 5. The third-order valence-corrected chi connectivity index (χ3v) is 2.41. The van der Waals surface area contributed by atoms with Crippen molar-refractivity contribution in [2.24, 2.45) is 5.84 Å². The molecule has 20 heavy (non-hydrogen) atoms. The highest BCUT2D eigenvalue weighted by molar-refractivity contribution is 5.75. The first-order valence-electron chi connectivity index (χ1n) is 5.71. The summed E-state index contributed by atoms with van der Waals surface area (Å²) < 4.78 is 31.6. The van der Waals surface area contributed by atoms with E-state index in [4.69, 9.17) is 10.6 Å². The molecule has 0 atom stereocenters. The molecule has 9 heteroatoms. The van der Waals surface area contributed by atoms with Crippen molar-refractivity contribution >= 4 is 11.6 Å². The van der Waals surface area contributed by atoms with Gasteiger partial charge in [0.05, 0.1) is 17.6 Å². The van der Waals surface area contributed by atoms with Crippen LogP contribution in [0.2, 0.25) is 0 Å². The molecule has 0 bridgehead atoms. The lowest BCUT2D eigenvalue weighted by atomic mass is 10.2. The van der Waals surface area contributed by atoms with Crippen molar-refractivity contribution in [1.29, 1.82) is 0 Å². The molecule has 0 saturated carbocycles. The molecule has 0 fully saturated rings. The molecule has 0 aliphatic carbocycles. The van der Waals surface area contributed by atoms with Gasteiger partial charge in [-0.05, 0) is 12.8 Å². The number of hydrogen-bond donors (Lipinski definition) is 2. The lowest BCUT2D eigenvalue weighted by Gasteiger charge is -2.07. The van der Waals surface area contributed by atoms with Gasteiger partial charge in [-0.2, -0.15) is 4.39 Å². The molecule has 1 amide bonds. The van der Waals surface area contributed by atoms with Gasteiger partial charge in [0.15, 0.2) is 11.6 Å². The van der Waals surface area contributed by atoms with E-state index in [0.29, 0.717) is 25.0 Å². The van der Waals surface area contributed by atoms with Crippen LogP contribution in [0, 0.1) is 21.7 Å². The Bertz CT molecular complexity index is 511. The summed E-state index contributed by atoms with van der Waals surface area (Å²) in [4.78, 5) is 20.2. The number of carbonyl (C=O) groups excluding carboxylic acids is 1. The van der Waals surface area contributed by atoms with E-state index in [1.165, 1.54) is 0 Å². The van der Waals surface area contributed by atoms with Crippen molar-refractivity contribution in [2.45, 2.75) is 19.3 Å². The Morgan fingerprint density at radius 1 is 1.35 bits per heavy atom. The van der Waals surface area contributed by atoms with Crippen molar-refractivity contribution in [2.75, 3.05) is 6.61 Å². The first-order chi connectivity index (χ1) is 9.45. The molecular formula is C11H13F2N3O4. The topological polar surface area (TPSA) is 107 Å². The van der Waals surface area contributed by atoms with Gasteiger partial charge in [0.25, 0.3) is 0 Å². The summed E-state index contributed by atoms with van der Waals surface area (Å²) in [6.07, 6.45) is 1.07. The minimum absolute atomic E-state index is 0.0476. The lowest BCUT2D eigenvalue weighted by molar-refractivity contribution is -0.387. The van der Waals surface area contributed by atoms with Gasteiger partial charge in [0.1, 0.15) is 0 Å². The van der Waals surface area contributed by atoms with E-state index in [-0.39, 0.29) is 18.9 Å². The Kier molecular flexibility index (Phi) is 5.78. The Balaban J connectivity index is 2.51. The van der Waals surface area contributed by atoms with Crippen LogP contribution in [0.5, 0.6) is 5.75 Å². The summed E-state index contributed by atoms with van der Waals surface area (Å²) in [7, 11) is 0. The normalized spacial score (nSPS) is 10.2. The second-order valence-corrected chi connectivity index (χ2v) is 3.86. The smallest absolute Gasteiger partial charge is 0.307 e. The monoisotopic (exact) mass is 289 g/mol. The van der Waals surface area contributed by atoms with Gasteiger partial charge in [-0.15, -0.1) is 0 Å². The number of ether oxygens (including phenoxy) is 1. The average molecular weight is 289 g/mol. The summed E-state index contributed by atoms with van der Waals surface area (Å²) in [5.74, 6) is 1.95. The minimum atomic E-state index is -1.17. The number of nitrogens with two attached hydrogens (primary N) is 1. The zero-order valence-electron chi connectivity index (χ0n) is 10.4. The number of nitro groups is 1. The summed E-state index contributed by atoms with van der Waals surface area (Å²) in [6.45, 7) is 0.0476. The van der Waals surface area contributed by atoms with Crippen LogP contribution in [-0.2, 0) is 4.79 Å². The van der Waals surface area contributed by atoms with Crippen LogP contribution < -0.4 is 16.0 Å². The molecule has 7 nitrogen and oxygen atoms in total. The molecule has 0 aliphatic rings. The van der Waals surface area contributed by atoms with Crippen molar-refractivity contribution in [3.8, 4) is 5.75 Å². The standard InChI is InChI=1S/C11H13F2N3O4/c12-7-6-10(8(13)5-9(7)16(18)19)20-4-2-1-3-11(17)15-14/h5-6H,1-4,14H2,(H,15,17). The van der Waals surface area contributed by atoms with Crippen molar-refractivity contribution in [3.05, 3.63) is 33.9 Å². The molecule has 0 unspecified atom stereocenters. The summed E-state index contributed by atoms with van der Waals surface area (Å²) >= 11 is 0. The Morgan fingerprint density at radius 3 is 2.65 bits per heavy atom. The van der Waals surface area contributed by atoms with Crippen LogP contribution in [0.25, 0.3) is 0 Å². The first kappa shape index (κ1) is 15.8. The number of unbranched alkanes of at least 4 members (excludes halogenated alkanes) is 1. The van der Waals surface area contributed by atoms with Gasteiger partial charge < -0.3 is 4.74 Å². The third-order valence-electron chi connectivity index (χ3n) is 2.41. The highest BCUT2D eigenvalue weighted by Gasteiger charge is 2.19. The van der Waals surface area contributed by atoms with E-state index in [0.717, 1.165) is 0 Å². The van der Waals surface area contributed by atoms with Gasteiger partial charge in [-0.3, -0.25) is 20.3 Å². The predicted molar refractivity (Wildman–Crippen MR) is 64.7 cm³/mol. The number of nitro benzene ring substituents is 1. The van der Waals surface area contributed by atoms with Crippen LogP contribution in [0.4, 0.5) is 14.5 Å². The number of benzene rings is 1. The third kappa shape index (κ3) is 4.43. The lowest BCUT2D eigenvalue weighted by Crippen LogP contribution is -2.29. The average Bonchev–Trinajstić information content (AvgIpc) is 2.40. The van der Waals surface area contributed by atoms with Crippen molar-refractivity contribution < 1.29 is 23.2 Å². The molecule has 0 spiro atoms. The number of rotatable bonds is 7. The zero-order valence-corrected chi connectivity index (χ0v) is 10.4. The highest BCUT2D eigenvalue weighted by atomic mass is 19.1. The van der Waals surface area contributed by atoms with E-state index < -0.39 is 28.0 Å². The van der Waals surface area contributed by atoms with E-state index in [1.54, 1.807) is 0 Å². The van der Waals surface area contributed by atoms with Gasteiger partial charge in [-0.1, -0.05) is 0 Å². The van der Waals surface area contributed by atoms with E-state index >= 15 is 0 Å². The van der Waals surface area contributed by atoms with E-state index in [1.807, 2.05) is 5.43 Å². The second-order valence-electron chi connectivity index (χ2n) is 3.86. The molecule has 0 radical (unpaired) electrons. The first-order valence-corrected chi connectivity index (χ1v) is 5.71. The molecule has 110 valence electrons. The minimum Gasteiger partial charge on any atom is -0.490 e. The van der Waals surface area contributed by atoms with Crippen LogP contribution >= 0.6 is 0 Å². The highest BCUT2D eigenvalue weighted by Crippen LogP contribution is 2.26. The quantitative estimate of drug-likeness (QED) is 0.259. The molecule has 0 saturated heterocycles. The van der Waals surface area contributed by atoms with E-state index in [9.17, 15) is 23.7 Å². The summed E-state index contributed by atoms with van der Waals surface area (Å²) in [5, 5.41) is 10.4. The predicted octanol–water partition coefficient (Wildman–Crippen LogP) is 1.41. The molecule has 0 heterocycles. The van der Waals surface area contributed by atoms with Gasteiger partial charge in [-0.25, -0.2) is 10.2 Å². The maximum absolute atomic E-state index is 13.4. The van der Waals surface area contributed by atoms with E-state index in [2.05, 4.69) is 0 Å². The maximum Gasteiger partial charge on any atom is 0.307 e. The van der Waals surface area contributed by atoms with Crippen molar-refractivity contribution in [3.63, 3.8) is 0 Å². The van der Waals surface area contributed by atoms with Crippen LogP contribution in [0.1, 0.15) is 19.3 Å². The van der Waals surface area contributed by atoms with Crippen LogP contribution in [-0.4, -0.2) is 17.4 Å². The maximum atomic E-state index is 13.4. The van der Waals surface area contributed by atoms with Gasteiger partial charge in [0, 0.05) is 12.5 Å². The number of halogens is 2. The number of nitrogens with one attached hydrogen (secondary N) is 1. The van der Waals surface area contributed by atoms with Gasteiger partial charge >= 0.3 is 5.69 Å². The summed E-state index contributed by atoms with van der Waals surface area (Å²) in [6, 6.07) is 1.09. The molecule has 1 aromatic carbocycles. The Hall–Kier alpha value is -2.29. The largest absolute Gasteiger partial charge is 0.490 e. The fourth-order valence-electron chi connectivity index (χ4n) is 1.41. The summed E-state index contributed by atoms with van der Waals surface area (Å²) in [5.41, 5.74) is 1.00. The molecule has 0 aliphatic heterocycles.